The van der Waals surface area contributed by atoms with Crippen LogP contribution in [0.25, 0.3) is 0 Å². The quantitative estimate of drug-likeness (QED) is 0.459. The van der Waals surface area contributed by atoms with Crippen molar-refractivity contribution < 1.29 is 4.74 Å². The summed E-state index contributed by atoms with van der Waals surface area (Å²) in [7, 11) is 1.87. The van der Waals surface area contributed by atoms with Gasteiger partial charge in [-0.25, -0.2) is 4.98 Å². The summed E-state index contributed by atoms with van der Waals surface area (Å²) in [4.78, 5) is 6.07. The Balaban J connectivity index is 2.83. The molecule has 0 aliphatic heterocycles. The number of amidine groups is 1. The van der Waals surface area contributed by atoms with E-state index in [0.717, 1.165) is 0 Å². The summed E-state index contributed by atoms with van der Waals surface area (Å²) in [5.41, 5.74) is 5.93. The zero-order valence-electron chi connectivity index (χ0n) is 10.0. The van der Waals surface area contributed by atoms with Gasteiger partial charge in [0.25, 0.3) is 0 Å². The third-order valence-corrected chi connectivity index (χ3v) is 2.67. The molecule has 0 aliphatic rings. The molecule has 0 amide bonds. The second kappa shape index (κ2) is 6.42. The molecule has 1 aromatic heterocycles. The monoisotopic (exact) mass is 256 g/mol. The summed E-state index contributed by atoms with van der Waals surface area (Å²) in [5, 5.41) is 7.81. The number of hydrogen-bond donors (Lipinski definition) is 2. The lowest BCUT2D eigenvalue weighted by molar-refractivity contribution is 0.154. The van der Waals surface area contributed by atoms with Gasteiger partial charge < -0.3 is 15.4 Å². The smallest absolute Gasteiger partial charge is 0.147 e. The van der Waals surface area contributed by atoms with Gasteiger partial charge in [-0.05, 0) is 13.0 Å². The van der Waals surface area contributed by atoms with Gasteiger partial charge in [0, 0.05) is 32.0 Å². The molecule has 0 aliphatic carbocycles. The Morgan fingerprint density at radius 1 is 1.65 bits per heavy atom. The predicted octanol–water partition coefficient (Wildman–Crippen LogP) is 1.49. The van der Waals surface area contributed by atoms with Gasteiger partial charge in [0.1, 0.15) is 11.7 Å². The Morgan fingerprint density at radius 2 is 2.35 bits per heavy atom. The lowest BCUT2D eigenvalue weighted by atomic mass is 10.2. The number of anilines is 1. The average molecular weight is 257 g/mol. The molecular formula is C11H17ClN4O. The number of nitrogens with two attached hydrogens (primary N) is 1. The highest BCUT2D eigenvalue weighted by Gasteiger charge is 2.12. The number of rotatable bonds is 6. The van der Waals surface area contributed by atoms with E-state index in [1.54, 1.807) is 12.3 Å². The molecule has 0 fully saturated rings. The number of nitrogens with one attached hydrogen (secondary N) is 1. The van der Waals surface area contributed by atoms with Crippen LogP contribution in [0.4, 0.5) is 5.82 Å². The largest absolute Gasteiger partial charge is 0.384 e. The summed E-state index contributed by atoms with van der Waals surface area (Å²) in [6, 6.07) is 1.63. The molecule has 17 heavy (non-hydrogen) atoms. The highest BCUT2D eigenvalue weighted by molar-refractivity contribution is 6.36. The lowest BCUT2D eigenvalue weighted by Crippen LogP contribution is -2.24. The van der Waals surface area contributed by atoms with Crippen LogP contribution in [0.1, 0.15) is 12.5 Å². The topological polar surface area (TPSA) is 75.2 Å². The lowest BCUT2D eigenvalue weighted by Gasteiger charge is -2.20. The van der Waals surface area contributed by atoms with E-state index in [2.05, 4.69) is 4.98 Å². The standard InChI is InChI=1S/C11H17ClN4O/c1-3-17-7-6-16(2)11-9(12)8(10(13)14)4-5-15-11/h4-5H,3,6-7H2,1-2H3,(H3,13,14). The van der Waals surface area contributed by atoms with Gasteiger partial charge in [0.05, 0.1) is 11.6 Å². The van der Waals surface area contributed by atoms with Gasteiger partial charge in [0.2, 0.25) is 0 Å². The maximum absolute atomic E-state index is 7.40. The molecule has 3 N–H and O–H groups in total. The van der Waals surface area contributed by atoms with E-state index in [1.807, 2.05) is 18.9 Å². The van der Waals surface area contributed by atoms with Crippen LogP contribution in [0.3, 0.4) is 0 Å². The molecule has 0 aromatic carbocycles. The number of hydrogen-bond acceptors (Lipinski definition) is 4. The van der Waals surface area contributed by atoms with Gasteiger partial charge in [-0.3, -0.25) is 5.41 Å². The third-order valence-electron chi connectivity index (χ3n) is 2.30. The van der Waals surface area contributed by atoms with Crippen LogP contribution in [0.15, 0.2) is 12.3 Å². The van der Waals surface area contributed by atoms with E-state index >= 15 is 0 Å². The molecule has 0 saturated heterocycles. The van der Waals surface area contributed by atoms with Gasteiger partial charge in [-0.2, -0.15) is 0 Å². The maximum atomic E-state index is 7.40. The van der Waals surface area contributed by atoms with Crippen LogP contribution in [0.2, 0.25) is 5.02 Å². The number of pyridine rings is 1. The molecule has 6 heteroatoms. The second-order valence-electron chi connectivity index (χ2n) is 3.53. The van der Waals surface area contributed by atoms with Crippen molar-refractivity contribution in [3.63, 3.8) is 0 Å². The van der Waals surface area contributed by atoms with Crippen molar-refractivity contribution in [1.29, 1.82) is 5.41 Å². The molecule has 5 nitrogen and oxygen atoms in total. The number of ether oxygens (including phenoxy) is 1. The molecule has 0 spiro atoms. The molecule has 0 bridgehead atoms. The first-order chi connectivity index (χ1) is 8.07. The fraction of sp³-hybridized carbons (Fsp3) is 0.455. The minimum absolute atomic E-state index is 0.0585. The van der Waals surface area contributed by atoms with E-state index in [4.69, 9.17) is 27.5 Å². The van der Waals surface area contributed by atoms with Crippen molar-refractivity contribution in [2.24, 2.45) is 5.73 Å². The molecule has 1 rings (SSSR count). The minimum atomic E-state index is -0.0585. The van der Waals surface area contributed by atoms with E-state index in [-0.39, 0.29) is 5.84 Å². The van der Waals surface area contributed by atoms with Crippen molar-refractivity contribution >= 4 is 23.3 Å². The highest BCUT2D eigenvalue weighted by atomic mass is 35.5. The number of likely N-dealkylation sites (N-methyl/N-ethyl adjacent to an activating group) is 1. The summed E-state index contributed by atoms with van der Waals surface area (Å²) in [6.07, 6.45) is 1.59. The van der Waals surface area contributed by atoms with Crippen molar-refractivity contribution in [1.82, 2.24) is 4.98 Å². The predicted molar refractivity (Wildman–Crippen MR) is 70.0 cm³/mol. The summed E-state index contributed by atoms with van der Waals surface area (Å²) >= 11 is 6.15. The number of nitrogen functional groups attached to an aromatic ring is 1. The Labute approximate surface area is 106 Å². The molecule has 1 heterocycles. The fourth-order valence-corrected chi connectivity index (χ4v) is 1.72. The van der Waals surface area contributed by atoms with Crippen molar-refractivity contribution in [3.8, 4) is 0 Å². The van der Waals surface area contributed by atoms with Gasteiger partial charge in [0.15, 0.2) is 0 Å². The Kier molecular flexibility index (Phi) is 5.18. The van der Waals surface area contributed by atoms with Crippen LogP contribution in [0, 0.1) is 5.41 Å². The van der Waals surface area contributed by atoms with E-state index in [0.29, 0.717) is 36.2 Å². The first-order valence-corrected chi connectivity index (χ1v) is 5.73. The van der Waals surface area contributed by atoms with Crippen LogP contribution in [0.5, 0.6) is 0 Å². The summed E-state index contributed by atoms with van der Waals surface area (Å²) in [6.45, 7) is 3.92. The Hall–Kier alpha value is -1.33. The Bertz CT molecular complexity index is 397. The van der Waals surface area contributed by atoms with Gasteiger partial charge in [-0.1, -0.05) is 11.6 Å². The first-order valence-electron chi connectivity index (χ1n) is 5.35. The Morgan fingerprint density at radius 3 is 2.94 bits per heavy atom. The normalized spacial score (nSPS) is 10.3. The van der Waals surface area contributed by atoms with Gasteiger partial charge in [-0.15, -0.1) is 0 Å². The summed E-state index contributed by atoms with van der Waals surface area (Å²) < 4.78 is 5.26. The van der Waals surface area contributed by atoms with Crippen LogP contribution in [-0.2, 0) is 4.74 Å². The van der Waals surface area contributed by atoms with E-state index in [1.165, 1.54) is 0 Å². The molecule has 0 saturated carbocycles. The van der Waals surface area contributed by atoms with Crippen LogP contribution in [-0.4, -0.2) is 37.6 Å². The van der Waals surface area contributed by atoms with Crippen LogP contribution < -0.4 is 10.6 Å². The number of halogens is 1. The number of aromatic nitrogens is 1. The molecule has 0 radical (unpaired) electrons. The second-order valence-corrected chi connectivity index (χ2v) is 3.91. The zero-order chi connectivity index (χ0) is 12.8. The SMILES string of the molecule is CCOCCN(C)c1nccc(C(=N)N)c1Cl. The first kappa shape index (κ1) is 13.7. The van der Waals surface area contributed by atoms with E-state index < -0.39 is 0 Å². The molecule has 94 valence electrons. The van der Waals surface area contributed by atoms with E-state index in [9.17, 15) is 0 Å². The highest BCUT2D eigenvalue weighted by Crippen LogP contribution is 2.25. The van der Waals surface area contributed by atoms with Crippen molar-refractivity contribution in [3.05, 3.63) is 22.8 Å². The minimum Gasteiger partial charge on any atom is -0.384 e. The van der Waals surface area contributed by atoms with Crippen molar-refractivity contribution in [2.75, 3.05) is 31.7 Å². The summed E-state index contributed by atoms with van der Waals surface area (Å²) in [5.74, 6) is 0.552. The number of nitrogens with zero attached hydrogens (tertiary/aromatic N) is 2. The van der Waals surface area contributed by atoms with Crippen molar-refractivity contribution in [2.45, 2.75) is 6.92 Å². The molecular weight excluding hydrogens is 240 g/mol. The molecule has 0 unspecified atom stereocenters. The third kappa shape index (κ3) is 3.57. The molecule has 0 atom stereocenters. The average Bonchev–Trinajstić information content (AvgIpc) is 2.29. The molecule has 1 aromatic rings. The van der Waals surface area contributed by atoms with Crippen LogP contribution >= 0.6 is 11.6 Å². The maximum Gasteiger partial charge on any atom is 0.147 e. The van der Waals surface area contributed by atoms with Gasteiger partial charge >= 0.3 is 0 Å². The zero-order valence-corrected chi connectivity index (χ0v) is 10.8. The fourth-order valence-electron chi connectivity index (χ4n) is 1.36.